The van der Waals surface area contributed by atoms with Crippen LogP contribution in [0.5, 0.6) is 5.75 Å². The SMILES string of the molecule is CC1(C)Cc2nc(N3CCOc4cc(Br)c(N)cc43)sc2C(=O)N1. The minimum absolute atomic E-state index is 0.0474. The first-order valence-electron chi connectivity index (χ1n) is 7.66. The van der Waals surface area contributed by atoms with Gasteiger partial charge in [0.2, 0.25) is 0 Å². The van der Waals surface area contributed by atoms with E-state index in [1.807, 2.05) is 26.0 Å². The maximum Gasteiger partial charge on any atom is 0.263 e. The van der Waals surface area contributed by atoms with Gasteiger partial charge in [-0.05, 0) is 41.9 Å². The van der Waals surface area contributed by atoms with Crippen LogP contribution in [-0.2, 0) is 6.42 Å². The van der Waals surface area contributed by atoms with Crippen LogP contribution in [0.4, 0.5) is 16.5 Å². The summed E-state index contributed by atoms with van der Waals surface area (Å²) >= 11 is 4.85. The first-order valence-corrected chi connectivity index (χ1v) is 9.26. The Morgan fingerprint density at radius 1 is 1.46 bits per heavy atom. The summed E-state index contributed by atoms with van der Waals surface area (Å²) in [6.07, 6.45) is 0.726. The van der Waals surface area contributed by atoms with Crippen molar-refractivity contribution < 1.29 is 9.53 Å². The van der Waals surface area contributed by atoms with Crippen LogP contribution in [0.3, 0.4) is 0 Å². The van der Waals surface area contributed by atoms with Crippen LogP contribution >= 0.6 is 27.3 Å². The van der Waals surface area contributed by atoms with Gasteiger partial charge in [-0.3, -0.25) is 4.79 Å². The van der Waals surface area contributed by atoms with Crippen molar-refractivity contribution >= 4 is 49.7 Å². The summed E-state index contributed by atoms with van der Waals surface area (Å²) in [4.78, 5) is 19.8. The summed E-state index contributed by atoms with van der Waals surface area (Å²) in [7, 11) is 0. The number of rotatable bonds is 1. The molecule has 6 nitrogen and oxygen atoms in total. The third-order valence-corrected chi connectivity index (χ3v) is 5.93. The molecule has 0 aliphatic carbocycles. The number of fused-ring (bicyclic) bond motifs is 2. The molecule has 0 atom stereocenters. The predicted molar refractivity (Wildman–Crippen MR) is 98.4 cm³/mol. The zero-order valence-corrected chi connectivity index (χ0v) is 15.8. The zero-order chi connectivity index (χ0) is 17.1. The molecule has 0 saturated heterocycles. The molecule has 3 N–H and O–H groups in total. The molecule has 24 heavy (non-hydrogen) atoms. The van der Waals surface area contributed by atoms with Crippen molar-refractivity contribution in [2.45, 2.75) is 25.8 Å². The molecule has 1 aromatic carbocycles. The molecule has 8 heteroatoms. The molecule has 2 aromatic rings. The maximum absolute atomic E-state index is 12.3. The molecular weight excluding hydrogens is 392 g/mol. The van der Waals surface area contributed by atoms with Gasteiger partial charge in [-0.25, -0.2) is 4.98 Å². The molecular formula is C16H17BrN4O2S. The number of carbonyl (C=O) groups excluding carboxylic acids is 1. The second-order valence-corrected chi connectivity index (χ2v) is 8.46. The van der Waals surface area contributed by atoms with Crippen LogP contribution in [0.2, 0.25) is 0 Å². The van der Waals surface area contributed by atoms with Crippen molar-refractivity contribution in [3.05, 3.63) is 27.2 Å². The highest BCUT2D eigenvalue weighted by atomic mass is 79.9. The molecule has 0 bridgehead atoms. The fourth-order valence-corrected chi connectivity index (χ4v) is 4.37. The lowest BCUT2D eigenvalue weighted by Gasteiger charge is -2.29. The molecule has 2 aliphatic rings. The first-order chi connectivity index (χ1) is 11.3. The van der Waals surface area contributed by atoms with Gasteiger partial charge in [-0.15, -0.1) is 0 Å². The third kappa shape index (κ3) is 2.53. The number of hydrogen-bond donors (Lipinski definition) is 2. The number of thiazole rings is 1. The number of nitrogens with two attached hydrogens (primary N) is 1. The lowest BCUT2D eigenvalue weighted by molar-refractivity contribution is 0.0901. The van der Waals surface area contributed by atoms with Gasteiger partial charge in [0.05, 0.1) is 17.9 Å². The summed E-state index contributed by atoms with van der Waals surface area (Å²) in [5, 5.41) is 3.83. The number of ether oxygens (including phenoxy) is 1. The summed E-state index contributed by atoms with van der Waals surface area (Å²) in [6, 6.07) is 3.75. The lowest BCUT2D eigenvalue weighted by Crippen LogP contribution is -2.48. The molecule has 0 saturated carbocycles. The van der Waals surface area contributed by atoms with E-state index in [1.165, 1.54) is 11.3 Å². The first kappa shape index (κ1) is 15.7. The Kier molecular flexibility index (Phi) is 3.50. The van der Waals surface area contributed by atoms with Crippen LogP contribution in [0.15, 0.2) is 16.6 Å². The fraction of sp³-hybridized carbons (Fsp3) is 0.375. The standard InChI is InChI=1S/C16H17BrN4O2S/c1-16(2)7-10-13(14(22)20-16)24-15(19-10)21-3-4-23-12-5-8(17)9(18)6-11(12)21/h5-6H,3-4,7,18H2,1-2H3,(H,20,22). The molecule has 0 unspecified atom stereocenters. The smallest absolute Gasteiger partial charge is 0.263 e. The van der Waals surface area contributed by atoms with Crippen molar-refractivity contribution in [3.8, 4) is 5.75 Å². The molecule has 1 aromatic heterocycles. The molecule has 2 aliphatic heterocycles. The third-order valence-electron chi connectivity index (χ3n) is 4.13. The number of hydrogen-bond acceptors (Lipinski definition) is 6. The van der Waals surface area contributed by atoms with Crippen LogP contribution in [0, 0.1) is 0 Å². The van der Waals surface area contributed by atoms with Crippen LogP contribution in [-0.4, -0.2) is 29.6 Å². The molecule has 0 spiro atoms. The van der Waals surface area contributed by atoms with Crippen LogP contribution in [0.1, 0.15) is 29.2 Å². The zero-order valence-electron chi connectivity index (χ0n) is 13.4. The Morgan fingerprint density at radius 2 is 2.25 bits per heavy atom. The maximum atomic E-state index is 12.3. The van der Waals surface area contributed by atoms with Gasteiger partial charge >= 0.3 is 0 Å². The number of nitrogens with zero attached hydrogens (tertiary/aromatic N) is 2. The van der Waals surface area contributed by atoms with E-state index in [0.717, 1.165) is 33.2 Å². The number of aromatic nitrogens is 1. The average molecular weight is 409 g/mol. The Bertz CT molecular complexity index is 849. The topological polar surface area (TPSA) is 80.5 Å². The van der Waals surface area contributed by atoms with E-state index in [0.29, 0.717) is 23.7 Å². The van der Waals surface area contributed by atoms with E-state index < -0.39 is 0 Å². The Hall–Kier alpha value is -1.80. The highest BCUT2D eigenvalue weighted by molar-refractivity contribution is 9.10. The van der Waals surface area contributed by atoms with Crippen molar-refractivity contribution in [1.29, 1.82) is 0 Å². The second kappa shape index (κ2) is 5.35. The largest absolute Gasteiger partial charge is 0.489 e. The van der Waals surface area contributed by atoms with E-state index >= 15 is 0 Å². The van der Waals surface area contributed by atoms with Crippen LogP contribution < -0.4 is 20.7 Å². The average Bonchev–Trinajstić information content (AvgIpc) is 2.90. The van der Waals surface area contributed by atoms with E-state index in [2.05, 4.69) is 26.1 Å². The molecule has 0 radical (unpaired) electrons. The van der Waals surface area contributed by atoms with Crippen molar-refractivity contribution in [2.24, 2.45) is 0 Å². The highest BCUT2D eigenvalue weighted by Crippen LogP contribution is 2.43. The summed E-state index contributed by atoms with van der Waals surface area (Å²) in [5.74, 6) is 0.717. The fourth-order valence-electron chi connectivity index (χ4n) is 3.03. The lowest BCUT2D eigenvalue weighted by atomic mass is 9.94. The van der Waals surface area contributed by atoms with Gasteiger partial charge in [-0.2, -0.15) is 0 Å². The number of halogens is 1. The Morgan fingerprint density at radius 3 is 3.04 bits per heavy atom. The molecule has 3 heterocycles. The number of amides is 1. The summed E-state index contributed by atoms with van der Waals surface area (Å²) in [5.41, 5.74) is 8.15. The van der Waals surface area contributed by atoms with Crippen molar-refractivity contribution in [1.82, 2.24) is 10.3 Å². The number of benzene rings is 1. The van der Waals surface area contributed by atoms with Gasteiger partial charge in [0.25, 0.3) is 5.91 Å². The molecule has 126 valence electrons. The molecule has 0 fully saturated rings. The van der Waals surface area contributed by atoms with Gasteiger partial charge in [0.15, 0.2) is 5.13 Å². The highest BCUT2D eigenvalue weighted by Gasteiger charge is 2.34. The summed E-state index contributed by atoms with van der Waals surface area (Å²) in [6.45, 7) is 5.25. The number of nitrogens with one attached hydrogen (secondary N) is 1. The van der Waals surface area contributed by atoms with Crippen LogP contribution in [0.25, 0.3) is 0 Å². The number of carbonyl (C=O) groups is 1. The van der Waals surface area contributed by atoms with Gasteiger partial charge in [0, 0.05) is 22.1 Å². The quantitative estimate of drug-likeness (QED) is 0.708. The number of anilines is 3. The minimum atomic E-state index is -0.270. The van der Waals surface area contributed by atoms with Gasteiger partial charge in [-0.1, -0.05) is 11.3 Å². The monoisotopic (exact) mass is 408 g/mol. The minimum Gasteiger partial charge on any atom is -0.489 e. The second-order valence-electron chi connectivity index (χ2n) is 6.63. The Labute approximate surface area is 152 Å². The number of nitrogen functional groups attached to an aromatic ring is 1. The van der Waals surface area contributed by atoms with E-state index in [-0.39, 0.29) is 11.4 Å². The summed E-state index contributed by atoms with van der Waals surface area (Å²) < 4.78 is 6.55. The van der Waals surface area contributed by atoms with Crippen molar-refractivity contribution in [3.63, 3.8) is 0 Å². The van der Waals surface area contributed by atoms with Gasteiger partial charge < -0.3 is 20.7 Å². The van der Waals surface area contributed by atoms with Crippen molar-refractivity contribution in [2.75, 3.05) is 23.8 Å². The van der Waals surface area contributed by atoms with E-state index in [9.17, 15) is 4.79 Å². The predicted octanol–water partition coefficient (Wildman–Crippen LogP) is 3.08. The molecule has 1 amide bonds. The van der Waals surface area contributed by atoms with Gasteiger partial charge in [0.1, 0.15) is 17.2 Å². The van der Waals surface area contributed by atoms with E-state index in [1.54, 1.807) is 0 Å². The van der Waals surface area contributed by atoms with E-state index in [4.69, 9.17) is 15.5 Å². The Balaban J connectivity index is 1.77. The molecule has 4 rings (SSSR count). The normalized spacial score (nSPS) is 18.5.